The van der Waals surface area contributed by atoms with E-state index >= 15 is 0 Å². The van der Waals surface area contributed by atoms with Crippen LogP contribution in [-0.4, -0.2) is 18.0 Å². The number of nitrogens with one attached hydrogen (secondary N) is 1. The van der Waals surface area contributed by atoms with Crippen LogP contribution in [0.2, 0.25) is 0 Å². The van der Waals surface area contributed by atoms with E-state index in [4.69, 9.17) is 5.14 Å². The highest BCUT2D eigenvalue weighted by molar-refractivity contribution is 7.89. The zero-order valence-corrected chi connectivity index (χ0v) is 11.0. The molecule has 0 amide bonds. The lowest BCUT2D eigenvalue weighted by molar-refractivity contribution is 0.592. The van der Waals surface area contributed by atoms with Crippen LogP contribution in [0.1, 0.15) is 5.82 Å². The summed E-state index contributed by atoms with van der Waals surface area (Å²) < 4.78 is 37.6. The van der Waals surface area contributed by atoms with Crippen molar-refractivity contribution in [2.24, 2.45) is 12.2 Å². The quantitative estimate of drug-likeness (QED) is 0.869. The Balaban J connectivity index is 2.16. The number of hydrogen-bond donors (Lipinski definition) is 2. The third-order valence-corrected chi connectivity index (χ3v) is 3.54. The first-order valence-electron chi connectivity index (χ1n) is 5.40. The van der Waals surface area contributed by atoms with Crippen molar-refractivity contribution >= 4 is 15.7 Å². The molecule has 0 saturated heterocycles. The number of imidazole rings is 1. The maximum Gasteiger partial charge on any atom is 0.238 e. The fourth-order valence-electron chi connectivity index (χ4n) is 1.56. The normalized spacial score (nSPS) is 11.5. The van der Waals surface area contributed by atoms with Crippen molar-refractivity contribution in [1.82, 2.24) is 9.55 Å². The molecule has 0 aliphatic rings. The molecule has 19 heavy (non-hydrogen) atoms. The van der Waals surface area contributed by atoms with E-state index in [1.807, 2.05) is 7.05 Å². The number of sulfonamides is 1. The van der Waals surface area contributed by atoms with Gasteiger partial charge in [-0.3, -0.25) is 0 Å². The van der Waals surface area contributed by atoms with E-state index < -0.39 is 15.8 Å². The Morgan fingerprint density at radius 3 is 2.74 bits per heavy atom. The molecule has 0 aliphatic carbocycles. The smallest absolute Gasteiger partial charge is 0.238 e. The Kier molecular flexibility index (Phi) is 3.54. The van der Waals surface area contributed by atoms with E-state index in [0.717, 1.165) is 11.9 Å². The maximum absolute atomic E-state index is 13.7. The topological polar surface area (TPSA) is 90.0 Å². The number of nitrogens with zero attached hydrogens (tertiary/aromatic N) is 2. The molecule has 0 spiro atoms. The van der Waals surface area contributed by atoms with E-state index in [-0.39, 0.29) is 10.6 Å². The molecule has 0 unspecified atom stereocenters. The summed E-state index contributed by atoms with van der Waals surface area (Å²) in [4.78, 5) is 3.82. The minimum atomic E-state index is -3.89. The monoisotopic (exact) mass is 284 g/mol. The molecule has 0 aliphatic heterocycles. The Labute approximate surface area is 110 Å². The molecular weight excluding hydrogens is 271 g/mol. The van der Waals surface area contributed by atoms with E-state index in [0.29, 0.717) is 6.54 Å². The van der Waals surface area contributed by atoms with Crippen LogP contribution < -0.4 is 10.5 Å². The summed E-state index contributed by atoms with van der Waals surface area (Å²) in [5, 5.41) is 7.76. The van der Waals surface area contributed by atoms with Gasteiger partial charge in [-0.2, -0.15) is 0 Å². The van der Waals surface area contributed by atoms with Crippen molar-refractivity contribution in [2.75, 3.05) is 5.32 Å². The van der Waals surface area contributed by atoms with Crippen molar-refractivity contribution in [3.05, 3.63) is 42.2 Å². The highest BCUT2D eigenvalue weighted by Gasteiger charge is 2.11. The van der Waals surface area contributed by atoms with Gasteiger partial charge in [-0.25, -0.2) is 22.9 Å². The zero-order valence-electron chi connectivity index (χ0n) is 10.2. The Morgan fingerprint density at radius 2 is 2.21 bits per heavy atom. The number of primary sulfonamides is 1. The molecule has 1 aromatic heterocycles. The second-order valence-corrected chi connectivity index (χ2v) is 5.56. The van der Waals surface area contributed by atoms with Gasteiger partial charge in [0.05, 0.1) is 17.1 Å². The fraction of sp³-hybridized carbons (Fsp3) is 0.182. The molecule has 0 bridgehead atoms. The van der Waals surface area contributed by atoms with Crippen LogP contribution in [0, 0.1) is 5.82 Å². The number of nitrogens with two attached hydrogens (primary N) is 1. The molecule has 2 aromatic rings. The summed E-state index contributed by atoms with van der Waals surface area (Å²) in [6.45, 7) is 0.329. The lowest BCUT2D eigenvalue weighted by atomic mass is 10.3. The lowest BCUT2D eigenvalue weighted by Gasteiger charge is -2.08. The highest BCUT2D eigenvalue weighted by atomic mass is 32.2. The van der Waals surface area contributed by atoms with Gasteiger partial charge in [-0.15, -0.1) is 0 Å². The zero-order chi connectivity index (χ0) is 14.0. The number of halogens is 1. The van der Waals surface area contributed by atoms with Gasteiger partial charge >= 0.3 is 0 Å². The SMILES string of the molecule is Cn1ccnc1CNc1ccc(S(N)(=O)=O)cc1F. The molecule has 1 aromatic carbocycles. The molecule has 0 saturated carbocycles. The maximum atomic E-state index is 13.7. The van der Waals surface area contributed by atoms with Crippen molar-refractivity contribution in [1.29, 1.82) is 0 Å². The summed E-state index contributed by atoms with van der Waals surface area (Å²) in [5.41, 5.74) is 0.190. The predicted molar refractivity (Wildman–Crippen MR) is 68.3 cm³/mol. The van der Waals surface area contributed by atoms with Crippen LogP contribution in [0.5, 0.6) is 0 Å². The van der Waals surface area contributed by atoms with Crippen LogP contribution in [0.15, 0.2) is 35.5 Å². The van der Waals surface area contributed by atoms with Gasteiger partial charge in [0.1, 0.15) is 11.6 Å². The lowest BCUT2D eigenvalue weighted by Crippen LogP contribution is -2.13. The van der Waals surface area contributed by atoms with Crippen molar-refractivity contribution in [2.45, 2.75) is 11.4 Å². The first-order valence-corrected chi connectivity index (χ1v) is 6.95. The Morgan fingerprint density at radius 1 is 1.47 bits per heavy atom. The summed E-state index contributed by atoms with van der Waals surface area (Å²) in [6, 6.07) is 3.47. The van der Waals surface area contributed by atoms with Gasteiger partial charge in [-0.1, -0.05) is 0 Å². The molecule has 3 N–H and O–H groups in total. The van der Waals surface area contributed by atoms with Gasteiger partial charge < -0.3 is 9.88 Å². The van der Waals surface area contributed by atoms with Crippen LogP contribution in [0.3, 0.4) is 0 Å². The van der Waals surface area contributed by atoms with Crippen molar-refractivity contribution in [3.63, 3.8) is 0 Å². The molecule has 6 nitrogen and oxygen atoms in total. The molecule has 1 heterocycles. The number of aromatic nitrogens is 2. The molecule has 0 atom stereocenters. The number of hydrogen-bond acceptors (Lipinski definition) is 4. The summed E-state index contributed by atoms with van der Waals surface area (Å²) in [7, 11) is -2.07. The summed E-state index contributed by atoms with van der Waals surface area (Å²) >= 11 is 0. The molecule has 102 valence electrons. The number of anilines is 1. The molecule has 0 radical (unpaired) electrons. The van der Waals surface area contributed by atoms with E-state index in [1.165, 1.54) is 12.1 Å². The molecular formula is C11H13FN4O2S. The van der Waals surface area contributed by atoms with Crippen LogP contribution in [0.4, 0.5) is 10.1 Å². The number of rotatable bonds is 4. The highest BCUT2D eigenvalue weighted by Crippen LogP contribution is 2.18. The minimum Gasteiger partial charge on any atom is -0.375 e. The molecule has 0 fully saturated rings. The summed E-state index contributed by atoms with van der Waals surface area (Å²) in [5.74, 6) is 0.0515. The molecule has 2 rings (SSSR count). The van der Waals surface area contributed by atoms with Gasteiger partial charge in [0.15, 0.2) is 0 Å². The minimum absolute atomic E-state index is 0.190. The van der Waals surface area contributed by atoms with Gasteiger partial charge in [0.2, 0.25) is 10.0 Å². The Bertz CT molecular complexity index is 696. The van der Waals surface area contributed by atoms with Crippen LogP contribution in [-0.2, 0) is 23.6 Å². The third-order valence-electron chi connectivity index (χ3n) is 2.63. The predicted octanol–water partition coefficient (Wildman–Crippen LogP) is 0.819. The first-order chi connectivity index (χ1) is 8.88. The van der Waals surface area contributed by atoms with Gasteiger partial charge in [0.25, 0.3) is 0 Å². The van der Waals surface area contributed by atoms with E-state index in [1.54, 1.807) is 17.0 Å². The average Bonchev–Trinajstić information content (AvgIpc) is 2.72. The van der Waals surface area contributed by atoms with E-state index in [9.17, 15) is 12.8 Å². The van der Waals surface area contributed by atoms with Crippen molar-refractivity contribution in [3.8, 4) is 0 Å². The van der Waals surface area contributed by atoms with Gasteiger partial charge in [0, 0.05) is 19.4 Å². The summed E-state index contributed by atoms with van der Waals surface area (Å²) in [6.07, 6.45) is 3.41. The number of benzene rings is 1. The standard InChI is InChI=1S/C11H13FN4O2S/c1-16-5-4-14-11(16)7-15-10-3-2-8(6-9(10)12)19(13,17)18/h2-6,15H,7H2,1H3,(H2,13,17,18). The molecule has 8 heteroatoms. The van der Waals surface area contributed by atoms with Gasteiger partial charge in [-0.05, 0) is 18.2 Å². The number of aryl methyl sites for hydroxylation is 1. The largest absolute Gasteiger partial charge is 0.375 e. The third kappa shape index (κ3) is 3.09. The van der Waals surface area contributed by atoms with Crippen LogP contribution in [0.25, 0.3) is 0 Å². The Hall–Kier alpha value is -1.93. The second-order valence-electron chi connectivity index (χ2n) is 3.99. The van der Waals surface area contributed by atoms with E-state index in [2.05, 4.69) is 10.3 Å². The fourth-order valence-corrected chi connectivity index (χ4v) is 2.08. The van der Waals surface area contributed by atoms with Crippen LogP contribution >= 0.6 is 0 Å². The average molecular weight is 284 g/mol. The van der Waals surface area contributed by atoms with Crippen molar-refractivity contribution < 1.29 is 12.8 Å². The second kappa shape index (κ2) is 4.98. The first kappa shape index (κ1) is 13.5.